The zero-order valence-corrected chi connectivity index (χ0v) is 15.5. The number of hydrogen-bond acceptors (Lipinski definition) is 5. The minimum absolute atomic E-state index is 0.601. The minimum Gasteiger partial charge on any atom is -0.486 e. The van der Waals surface area contributed by atoms with Crippen molar-refractivity contribution in [2.45, 2.75) is 25.7 Å². The second-order valence-electron chi connectivity index (χ2n) is 7.31. The largest absolute Gasteiger partial charge is 0.486 e. The Labute approximate surface area is 164 Å². The first-order valence-electron chi connectivity index (χ1n) is 9.58. The lowest BCUT2D eigenvalue weighted by Gasteiger charge is -2.20. The molecule has 2 aromatic carbocycles. The van der Waals surface area contributed by atoms with Gasteiger partial charge in [0, 0.05) is 25.8 Å². The molecule has 0 saturated heterocycles. The van der Waals surface area contributed by atoms with Gasteiger partial charge in [0.25, 0.3) is 0 Å². The van der Waals surface area contributed by atoms with E-state index in [0.29, 0.717) is 18.9 Å². The summed E-state index contributed by atoms with van der Waals surface area (Å²) in [4.78, 5) is 6.88. The number of aromatic nitrogens is 1. The summed E-state index contributed by atoms with van der Waals surface area (Å²) in [5, 5.41) is 10.6. The summed E-state index contributed by atoms with van der Waals surface area (Å²) in [6.45, 7) is 3.75. The number of aliphatic hydroxyl groups excluding tert-OH is 1. The maximum atomic E-state index is 10.6. The first-order valence-corrected chi connectivity index (χ1v) is 9.58. The number of fused-ring (bicyclic) bond motifs is 2. The van der Waals surface area contributed by atoms with Gasteiger partial charge in [-0.05, 0) is 40.5 Å². The van der Waals surface area contributed by atoms with Crippen molar-refractivity contribution in [3.63, 3.8) is 0 Å². The molecule has 5 heteroatoms. The lowest BCUT2D eigenvalue weighted by Crippen LogP contribution is -2.17. The summed E-state index contributed by atoms with van der Waals surface area (Å²) in [5.41, 5.74) is 5.22. The summed E-state index contributed by atoms with van der Waals surface area (Å²) in [7, 11) is 0. The van der Waals surface area contributed by atoms with Crippen LogP contribution >= 0.6 is 0 Å². The lowest BCUT2D eigenvalue weighted by atomic mass is 10.0. The molecule has 1 aromatic heterocycles. The number of ether oxygens (including phenoxy) is 2. The van der Waals surface area contributed by atoms with Crippen LogP contribution in [0, 0.1) is 0 Å². The first kappa shape index (κ1) is 17.2. The van der Waals surface area contributed by atoms with Gasteiger partial charge >= 0.3 is 0 Å². The Bertz CT molecular complexity index is 990. The summed E-state index contributed by atoms with van der Waals surface area (Å²) in [5.74, 6) is 1.65. The van der Waals surface area contributed by atoms with E-state index in [-0.39, 0.29) is 0 Å². The summed E-state index contributed by atoms with van der Waals surface area (Å²) >= 11 is 0. The molecule has 2 aliphatic heterocycles. The molecule has 0 amide bonds. The van der Waals surface area contributed by atoms with Gasteiger partial charge in [-0.2, -0.15) is 0 Å². The normalized spacial score (nSPS) is 16.6. The quantitative estimate of drug-likeness (QED) is 0.758. The van der Waals surface area contributed by atoms with E-state index in [4.69, 9.17) is 9.47 Å². The molecule has 0 bridgehead atoms. The highest BCUT2D eigenvalue weighted by atomic mass is 16.6. The van der Waals surface area contributed by atoms with Gasteiger partial charge in [-0.3, -0.25) is 9.88 Å². The van der Waals surface area contributed by atoms with Crippen molar-refractivity contribution in [3.8, 4) is 11.5 Å². The molecule has 1 N–H and O–H groups in total. The molecule has 0 saturated carbocycles. The average Bonchev–Trinajstić information content (AvgIpc) is 3.15. The highest BCUT2D eigenvalue weighted by Crippen LogP contribution is 2.33. The van der Waals surface area contributed by atoms with Crippen LogP contribution in [0.25, 0.3) is 0 Å². The minimum atomic E-state index is -0.696. The van der Waals surface area contributed by atoms with Gasteiger partial charge in [-0.15, -0.1) is 0 Å². The Morgan fingerprint density at radius 3 is 2.57 bits per heavy atom. The molecular weight excluding hydrogens is 352 g/mol. The molecule has 28 heavy (non-hydrogen) atoms. The maximum Gasteiger partial charge on any atom is 0.161 e. The molecule has 5 rings (SSSR count). The highest BCUT2D eigenvalue weighted by Gasteiger charge is 2.22. The lowest BCUT2D eigenvalue weighted by molar-refractivity contribution is 0.171. The fourth-order valence-corrected chi connectivity index (χ4v) is 3.88. The molecule has 0 aliphatic carbocycles. The van der Waals surface area contributed by atoms with Gasteiger partial charge < -0.3 is 14.6 Å². The van der Waals surface area contributed by atoms with Crippen LogP contribution in [0.4, 0.5) is 0 Å². The van der Waals surface area contributed by atoms with Gasteiger partial charge in [-0.25, -0.2) is 0 Å². The van der Waals surface area contributed by atoms with Gasteiger partial charge in [0.15, 0.2) is 11.5 Å². The third kappa shape index (κ3) is 3.35. The molecule has 2 aliphatic rings. The van der Waals surface area contributed by atoms with Crippen molar-refractivity contribution in [3.05, 3.63) is 88.7 Å². The SMILES string of the molecule is OC(c1ccccc1)c1cc2c(cn1)CN(Cc1ccc3c(c1)OCCO3)C2. The average molecular weight is 374 g/mol. The molecule has 3 heterocycles. The predicted molar refractivity (Wildman–Crippen MR) is 105 cm³/mol. The molecule has 1 atom stereocenters. The van der Waals surface area contributed by atoms with E-state index in [9.17, 15) is 5.11 Å². The van der Waals surface area contributed by atoms with E-state index in [2.05, 4.69) is 22.0 Å². The van der Waals surface area contributed by atoms with E-state index in [0.717, 1.165) is 36.7 Å². The predicted octanol–water partition coefficient (Wildman–Crippen LogP) is 3.45. The number of hydrogen-bond donors (Lipinski definition) is 1. The molecule has 3 aromatic rings. The van der Waals surface area contributed by atoms with Gasteiger partial charge in [-0.1, -0.05) is 36.4 Å². The second-order valence-corrected chi connectivity index (χ2v) is 7.31. The van der Waals surface area contributed by atoms with E-state index in [1.807, 2.05) is 48.7 Å². The van der Waals surface area contributed by atoms with E-state index in [1.165, 1.54) is 16.7 Å². The van der Waals surface area contributed by atoms with E-state index in [1.54, 1.807) is 0 Å². The van der Waals surface area contributed by atoms with Crippen LogP contribution in [0.15, 0.2) is 60.8 Å². The van der Waals surface area contributed by atoms with Crippen LogP contribution in [-0.2, 0) is 19.6 Å². The second kappa shape index (κ2) is 7.26. The van der Waals surface area contributed by atoms with Crippen LogP contribution in [0.3, 0.4) is 0 Å². The third-order valence-electron chi connectivity index (χ3n) is 5.30. The number of nitrogens with zero attached hydrogens (tertiary/aromatic N) is 2. The standard InChI is InChI=1S/C23H22N2O3/c26-23(17-4-2-1-3-5-17)20-11-18-14-25(15-19(18)12-24-20)13-16-6-7-21-22(10-16)28-9-8-27-21/h1-7,10-12,23,26H,8-9,13-15H2. The van der Waals surface area contributed by atoms with Crippen molar-refractivity contribution >= 4 is 0 Å². The Morgan fingerprint density at radius 2 is 1.71 bits per heavy atom. The maximum absolute atomic E-state index is 10.6. The number of aliphatic hydroxyl groups is 1. The molecule has 142 valence electrons. The van der Waals surface area contributed by atoms with Gasteiger partial charge in [0.1, 0.15) is 19.3 Å². The van der Waals surface area contributed by atoms with Crippen LogP contribution in [0.5, 0.6) is 11.5 Å². The van der Waals surface area contributed by atoms with Crippen molar-refractivity contribution in [1.29, 1.82) is 0 Å². The van der Waals surface area contributed by atoms with Crippen molar-refractivity contribution in [2.75, 3.05) is 13.2 Å². The molecule has 0 fully saturated rings. The molecule has 0 spiro atoms. The molecule has 0 radical (unpaired) electrons. The number of pyridine rings is 1. The Balaban J connectivity index is 1.30. The number of benzene rings is 2. The smallest absolute Gasteiger partial charge is 0.161 e. The van der Waals surface area contributed by atoms with Gasteiger partial charge in [0.05, 0.1) is 5.69 Å². The monoisotopic (exact) mass is 374 g/mol. The third-order valence-corrected chi connectivity index (χ3v) is 5.30. The van der Waals surface area contributed by atoms with Crippen molar-refractivity contribution in [1.82, 2.24) is 9.88 Å². The van der Waals surface area contributed by atoms with Crippen LogP contribution in [0.1, 0.15) is 34.1 Å². The van der Waals surface area contributed by atoms with Crippen molar-refractivity contribution in [2.24, 2.45) is 0 Å². The Morgan fingerprint density at radius 1 is 0.929 bits per heavy atom. The Kier molecular flexibility index (Phi) is 4.47. The summed E-state index contributed by atoms with van der Waals surface area (Å²) in [6, 6.07) is 17.9. The van der Waals surface area contributed by atoms with Crippen molar-refractivity contribution < 1.29 is 14.6 Å². The first-order chi connectivity index (χ1) is 13.8. The van der Waals surface area contributed by atoms with E-state index < -0.39 is 6.10 Å². The fraction of sp³-hybridized carbons (Fsp3) is 0.261. The van der Waals surface area contributed by atoms with E-state index >= 15 is 0 Å². The van der Waals surface area contributed by atoms with Crippen LogP contribution < -0.4 is 9.47 Å². The summed E-state index contributed by atoms with van der Waals surface area (Å²) < 4.78 is 11.3. The Hall–Kier alpha value is -2.89. The topological polar surface area (TPSA) is 54.8 Å². The van der Waals surface area contributed by atoms with Gasteiger partial charge in [0.2, 0.25) is 0 Å². The highest BCUT2D eigenvalue weighted by molar-refractivity contribution is 5.44. The van der Waals surface area contributed by atoms with Crippen LogP contribution in [0.2, 0.25) is 0 Å². The number of rotatable bonds is 4. The summed E-state index contributed by atoms with van der Waals surface area (Å²) in [6.07, 6.45) is 1.21. The molecule has 1 unspecified atom stereocenters. The molecule has 5 nitrogen and oxygen atoms in total. The zero-order valence-electron chi connectivity index (χ0n) is 15.5. The zero-order chi connectivity index (χ0) is 18.9. The molecular formula is C23H22N2O3. The fourth-order valence-electron chi connectivity index (χ4n) is 3.88. The van der Waals surface area contributed by atoms with Crippen LogP contribution in [-0.4, -0.2) is 28.2 Å².